The Kier molecular flexibility index (Phi) is 6.23. The van der Waals surface area contributed by atoms with Gasteiger partial charge < -0.3 is 15.4 Å². The molecular formula is C12H19ClN2O. The van der Waals surface area contributed by atoms with Crippen LogP contribution in [0.5, 0.6) is 5.75 Å². The zero-order chi connectivity index (χ0) is 11.8. The molecule has 0 saturated heterocycles. The lowest BCUT2D eigenvalue weighted by Gasteiger charge is -2.10. The van der Waals surface area contributed by atoms with Crippen LogP contribution in [-0.4, -0.2) is 26.7 Å². The van der Waals surface area contributed by atoms with Crippen LogP contribution in [0.3, 0.4) is 0 Å². The molecule has 0 saturated carbocycles. The number of ether oxygens (including phenoxy) is 1. The molecule has 0 aliphatic carbocycles. The second-order valence-electron chi connectivity index (χ2n) is 3.49. The molecular weight excluding hydrogens is 224 g/mol. The zero-order valence-electron chi connectivity index (χ0n) is 9.85. The third-order valence-electron chi connectivity index (χ3n) is 2.29. The van der Waals surface area contributed by atoms with E-state index in [0.29, 0.717) is 5.02 Å². The summed E-state index contributed by atoms with van der Waals surface area (Å²) in [4.78, 5) is 0. The van der Waals surface area contributed by atoms with Gasteiger partial charge in [-0.25, -0.2) is 0 Å². The first-order valence-corrected chi connectivity index (χ1v) is 5.89. The summed E-state index contributed by atoms with van der Waals surface area (Å²) < 4.78 is 5.26. The summed E-state index contributed by atoms with van der Waals surface area (Å²) >= 11 is 5.89. The summed E-state index contributed by atoms with van der Waals surface area (Å²) in [6, 6.07) is 5.70. The van der Waals surface area contributed by atoms with Gasteiger partial charge in [0, 0.05) is 30.2 Å². The van der Waals surface area contributed by atoms with Crippen molar-refractivity contribution in [3.05, 3.63) is 28.8 Å². The molecule has 4 heteroatoms. The maximum Gasteiger partial charge on any atom is 0.124 e. The maximum atomic E-state index is 5.89. The van der Waals surface area contributed by atoms with Crippen LogP contribution in [0.15, 0.2) is 18.2 Å². The largest absolute Gasteiger partial charge is 0.496 e. The van der Waals surface area contributed by atoms with Crippen molar-refractivity contribution in [2.24, 2.45) is 0 Å². The van der Waals surface area contributed by atoms with Crippen LogP contribution < -0.4 is 15.4 Å². The summed E-state index contributed by atoms with van der Waals surface area (Å²) in [5, 5.41) is 7.30. The van der Waals surface area contributed by atoms with Crippen molar-refractivity contribution >= 4 is 11.6 Å². The molecule has 90 valence electrons. The quantitative estimate of drug-likeness (QED) is 0.718. The van der Waals surface area contributed by atoms with Crippen molar-refractivity contribution in [2.75, 3.05) is 26.7 Å². The zero-order valence-corrected chi connectivity index (χ0v) is 10.6. The molecule has 0 unspecified atom stereocenters. The second kappa shape index (κ2) is 7.49. The van der Waals surface area contributed by atoms with E-state index < -0.39 is 0 Å². The molecule has 0 bridgehead atoms. The number of halogens is 1. The Balaban J connectivity index is 2.41. The number of benzene rings is 1. The van der Waals surface area contributed by atoms with E-state index in [0.717, 1.165) is 37.5 Å². The Morgan fingerprint density at radius 2 is 2.00 bits per heavy atom. The van der Waals surface area contributed by atoms with Gasteiger partial charge in [-0.3, -0.25) is 0 Å². The Hall–Kier alpha value is -0.770. The lowest BCUT2D eigenvalue weighted by Crippen LogP contribution is -2.26. The average Bonchev–Trinajstić information content (AvgIpc) is 2.30. The van der Waals surface area contributed by atoms with Gasteiger partial charge in [0.1, 0.15) is 5.75 Å². The second-order valence-corrected chi connectivity index (χ2v) is 3.92. The predicted molar refractivity (Wildman–Crippen MR) is 68.3 cm³/mol. The van der Waals surface area contributed by atoms with Crippen molar-refractivity contribution in [1.29, 1.82) is 0 Å². The van der Waals surface area contributed by atoms with E-state index in [-0.39, 0.29) is 0 Å². The molecule has 1 aromatic rings. The summed E-state index contributed by atoms with van der Waals surface area (Å²) in [5.74, 6) is 0.837. The van der Waals surface area contributed by atoms with Gasteiger partial charge in [-0.05, 0) is 18.7 Å². The van der Waals surface area contributed by atoms with Gasteiger partial charge in [-0.1, -0.05) is 24.6 Å². The highest BCUT2D eigenvalue weighted by molar-refractivity contribution is 6.30. The molecule has 0 aliphatic heterocycles. The normalized spacial score (nSPS) is 10.4. The SMILES string of the molecule is CCNCCNCc1ccc(Cl)cc1OC. The van der Waals surface area contributed by atoms with Gasteiger partial charge in [-0.2, -0.15) is 0 Å². The Morgan fingerprint density at radius 3 is 2.69 bits per heavy atom. The van der Waals surface area contributed by atoms with Crippen molar-refractivity contribution in [1.82, 2.24) is 10.6 Å². The minimum atomic E-state index is 0.702. The molecule has 0 heterocycles. The molecule has 0 spiro atoms. The molecule has 2 N–H and O–H groups in total. The molecule has 1 aromatic carbocycles. The lowest BCUT2D eigenvalue weighted by molar-refractivity contribution is 0.407. The van der Waals surface area contributed by atoms with E-state index in [9.17, 15) is 0 Å². The third kappa shape index (κ3) is 4.39. The number of likely N-dealkylation sites (N-methyl/N-ethyl adjacent to an activating group) is 1. The van der Waals surface area contributed by atoms with Crippen LogP contribution in [0, 0.1) is 0 Å². The Bertz CT molecular complexity index is 318. The predicted octanol–water partition coefficient (Wildman–Crippen LogP) is 2.05. The van der Waals surface area contributed by atoms with E-state index in [2.05, 4.69) is 17.6 Å². The highest BCUT2D eigenvalue weighted by Gasteiger charge is 2.02. The molecule has 0 atom stereocenters. The number of hydrogen-bond acceptors (Lipinski definition) is 3. The van der Waals surface area contributed by atoms with Crippen molar-refractivity contribution in [3.63, 3.8) is 0 Å². The summed E-state index contributed by atoms with van der Waals surface area (Å²) in [7, 11) is 1.66. The van der Waals surface area contributed by atoms with Crippen molar-refractivity contribution in [3.8, 4) is 5.75 Å². The number of methoxy groups -OCH3 is 1. The third-order valence-corrected chi connectivity index (χ3v) is 2.53. The summed E-state index contributed by atoms with van der Waals surface area (Å²) in [6.45, 7) is 5.83. The minimum Gasteiger partial charge on any atom is -0.496 e. The van der Waals surface area contributed by atoms with Crippen molar-refractivity contribution in [2.45, 2.75) is 13.5 Å². The molecule has 0 radical (unpaired) electrons. The Morgan fingerprint density at radius 1 is 1.25 bits per heavy atom. The first kappa shape index (κ1) is 13.3. The van der Waals surface area contributed by atoms with Gasteiger partial charge in [-0.15, -0.1) is 0 Å². The molecule has 0 fully saturated rings. The highest BCUT2D eigenvalue weighted by atomic mass is 35.5. The number of rotatable bonds is 7. The van der Waals surface area contributed by atoms with Gasteiger partial charge in [0.05, 0.1) is 7.11 Å². The summed E-state index contributed by atoms with van der Waals surface area (Å²) in [6.07, 6.45) is 0. The fourth-order valence-corrected chi connectivity index (χ4v) is 1.60. The van der Waals surface area contributed by atoms with E-state index in [1.165, 1.54) is 0 Å². The maximum absolute atomic E-state index is 5.89. The van der Waals surface area contributed by atoms with Gasteiger partial charge >= 0.3 is 0 Å². The fraction of sp³-hybridized carbons (Fsp3) is 0.500. The van der Waals surface area contributed by atoms with Crippen LogP contribution >= 0.6 is 11.6 Å². The Labute approximate surface area is 102 Å². The van der Waals surface area contributed by atoms with E-state index in [1.807, 2.05) is 18.2 Å². The van der Waals surface area contributed by atoms with Crippen LogP contribution in [0.25, 0.3) is 0 Å². The smallest absolute Gasteiger partial charge is 0.124 e. The molecule has 16 heavy (non-hydrogen) atoms. The fourth-order valence-electron chi connectivity index (χ4n) is 1.44. The van der Waals surface area contributed by atoms with E-state index >= 15 is 0 Å². The topological polar surface area (TPSA) is 33.3 Å². The molecule has 1 rings (SSSR count). The summed E-state index contributed by atoms with van der Waals surface area (Å²) in [5.41, 5.74) is 1.13. The minimum absolute atomic E-state index is 0.702. The molecule has 3 nitrogen and oxygen atoms in total. The van der Waals surface area contributed by atoms with Gasteiger partial charge in [0.15, 0.2) is 0 Å². The van der Waals surface area contributed by atoms with Crippen LogP contribution in [-0.2, 0) is 6.54 Å². The van der Waals surface area contributed by atoms with E-state index in [4.69, 9.17) is 16.3 Å². The van der Waals surface area contributed by atoms with Gasteiger partial charge in [0.2, 0.25) is 0 Å². The molecule has 0 amide bonds. The van der Waals surface area contributed by atoms with Crippen LogP contribution in [0.4, 0.5) is 0 Å². The highest BCUT2D eigenvalue weighted by Crippen LogP contribution is 2.22. The first-order chi connectivity index (χ1) is 7.77. The van der Waals surface area contributed by atoms with Crippen LogP contribution in [0.2, 0.25) is 5.02 Å². The average molecular weight is 243 g/mol. The van der Waals surface area contributed by atoms with Gasteiger partial charge in [0.25, 0.3) is 0 Å². The van der Waals surface area contributed by atoms with Crippen molar-refractivity contribution < 1.29 is 4.74 Å². The number of hydrogen-bond donors (Lipinski definition) is 2. The number of nitrogens with one attached hydrogen (secondary N) is 2. The monoisotopic (exact) mass is 242 g/mol. The van der Waals surface area contributed by atoms with E-state index in [1.54, 1.807) is 7.11 Å². The lowest BCUT2D eigenvalue weighted by atomic mass is 10.2. The molecule has 0 aliphatic rings. The van der Waals surface area contributed by atoms with Crippen LogP contribution in [0.1, 0.15) is 12.5 Å². The first-order valence-electron chi connectivity index (χ1n) is 5.51. The molecule has 0 aromatic heterocycles. The standard InChI is InChI=1S/C12H19ClN2O/c1-3-14-6-7-15-9-10-4-5-11(13)8-12(10)16-2/h4-5,8,14-15H,3,6-7,9H2,1-2H3.